The molecule has 0 aliphatic rings. The molecule has 0 aliphatic carbocycles. The largest absolute Gasteiger partial charge is 0.206 e. The normalized spacial score (nSPS) is 12.7. The van der Waals surface area contributed by atoms with Crippen molar-refractivity contribution < 1.29 is 4.39 Å². The summed E-state index contributed by atoms with van der Waals surface area (Å²) in [5.41, 5.74) is 0.755. The van der Waals surface area contributed by atoms with Gasteiger partial charge in [0.15, 0.2) is 0 Å². The molecule has 0 saturated heterocycles. The van der Waals surface area contributed by atoms with E-state index in [0.717, 1.165) is 22.0 Å². The van der Waals surface area contributed by atoms with Crippen LogP contribution < -0.4 is 0 Å². The Balaban J connectivity index is 2.33. The van der Waals surface area contributed by atoms with Crippen LogP contribution in [0.1, 0.15) is 23.2 Å². The van der Waals surface area contributed by atoms with Crippen LogP contribution in [0.2, 0.25) is 0 Å². The molecule has 2 nitrogen and oxygen atoms in total. The Labute approximate surface area is 120 Å². The van der Waals surface area contributed by atoms with Gasteiger partial charge in [0, 0.05) is 5.56 Å². The first kappa shape index (κ1) is 13.1. The number of nitrogens with zero attached hydrogens (tertiary/aromatic N) is 2. The van der Waals surface area contributed by atoms with Gasteiger partial charge in [0.1, 0.15) is 15.8 Å². The Kier molecular flexibility index (Phi) is 4.27. The predicted octanol–water partition coefficient (Wildman–Crippen LogP) is 4.95. The van der Waals surface area contributed by atoms with E-state index >= 15 is 0 Å². The monoisotopic (exact) mass is 378 g/mol. The molecule has 0 bridgehead atoms. The summed E-state index contributed by atoms with van der Waals surface area (Å²) in [6.45, 7) is 2.07. The summed E-state index contributed by atoms with van der Waals surface area (Å²) in [7, 11) is 0. The van der Waals surface area contributed by atoms with Crippen molar-refractivity contribution in [1.29, 1.82) is 0 Å². The SMILES string of the molecule is CCC(Br)c1nnc(-c2ccc(Br)c(F)c2)s1. The number of halogens is 3. The summed E-state index contributed by atoms with van der Waals surface area (Å²) in [5, 5.41) is 9.85. The Morgan fingerprint density at radius 3 is 2.82 bits per heavy atom. The van der Waals surface area contributed by atoms with Crippen LogP contribution in [0, 0.1) is 5.82 Å². The summed E-state index contributed by atoms with van der Waals surface area (Å²) in [5.74, 6) is -0.287. The van der Waals surface area contributed by atoms with Gasteiger partial charge in [-0.3, -0.25) is 0 Å². The highest BCUT2D eigenvalue weighted by Crippen LogP contribution is 2.33. The summed E-state index contributed by atoms with van der Waals surface area (Å²) in [6, 6.07) is 4.97. The standard InChI is InChI=1S/C11H9Br2FN2S/c1-2-7(12)11-16-15-10(17-11)6-3-4-8(13)9(14)5-6/h3-5,7H,2H2,1H3. The zero-order chi connectivity index (χ0) is 12.4. The number of rotatable bonds is 3. The van der Waals surface area contributed by atoms with Gasteiger partial charge in [-0.1, -0.05) is 40.3 Å². The van der Waals surface area contributed by atoms with E-state index in [1.54, 1.807) is 6.07 Å². The van der Waals surface area contributed by atoms with Crippen LogP contribution in [0.25, 0.3) is 10.6 Å². The highest BCUT2D eigenvalue weighted by atomic mass is 79.9. The Morgan fingerprint density at radius 2 is 2.18 bits per heavy atom. The molecule has 1 aromatic heterocycles. The van der Waals surface area contributed by atoms with Crippen molar-refractivity contribution in [3.63, 3.8) is 0 Å². The second-order valence-corrected chi connectivity index (χ2v) is 6.42. The minimum Gasteiger partial charge on any atom is -0.206 e. The number of benzene rings is 1. The molecule has 2 rings (SSSR count). The second kappa shape index (κ2) is 5.54. The lowest BCUT2D eigenvalue weighted by molar-refractivity contribution is 0.621. The number of aromatic nitrogens is 2. The summed E-state index contributed by atoms with van der Waals surface area (Å²) in [6.07, 6.45) is 0.948. The topological polar surface area (TPSA) is 25.8 Å². The molecule has 1 heterocycles. The molecule has 17 heavy (non-hydrogen) atoms. The predicted molar refractivity (Wildman–Crippen MR) is 75.0 cm³/mol. The third kappa shape index (κ3) is 2.92. The maximum Gasteiger partial charge on any atom is 0.147 e. The van der Waals surface area contributed by atoms with Crippen molar-refractivity contribution >= 4 is 43.2 Å². The Bertz CT molecular complexity index is 530. The highest BCUT2D eigenvalue weighted by Gasteiger charge is 2.13. The van der Waals surface area contributed by atoms with Gasteiger partial charge < -0.3 is 0 Å². The van der Waals surface area contributed by atoms with Crippen molar-refractivity contribution in [3.8, 4) is 10.6 Å². The van der Waals surface area contributed by atoms with E-state index in [1.165, 1.54) is 17.4 Å². The molecule has 0 spiro atoms. The Morgan fingerprint density at radius 1 is 1.41 bits per heavy atom. The van der Waals surface area contributed by atoms with Gasteiger partial charge in [0.25, 0.3) is 0 Å². The molecule has 0 radical (unpaired) electrons. The fraction of sp³-hybridized carbons (Fsp3) is 0.273. The summed E-state index contributed by atoms with van der Waals surface area (Å²) < 4.78 is 13.9. The second-order valence-electron chi connectivity index (χ2n) is 3.45. The summed E-state index contributed by atoms with van der Waals surface area (Å²) >= 11 is 8.13. The van der Waals surface area contributed by atoms with E-state index in [1.807, 2.05) is 6.07 Å². The van der Waals surface area contributed by atoms with Crippen molar-refractivity contribution in [2.45, 2.75) is 18.2 Å². The first-order chi connectivity index (χ1) is 8.11. The molecule has 6 heteroatoms. The van der Waals surface area contributed by atoms with Crippen LogP contribution in [0.3, 0.4) is 0 Å². The van der Waals surface area contributed by atoms with Gasteiger partial charge in [-0.05, 0) is 34.5 Å². The van der Waals surface area contributed by atoms with E-state index in [4.69, 9.17) is 0 Å². The fourth-order valence-corrected chi connectivity index (χ4v) is 2.80. The van der Waals surface area contributed by atoms with Crippen LogP contribution in [0.5, 0.6) is 0 Å². The molecular formula is C11H9Br2FN2S. The lowest BCUT2D eigenvalue weighted by atomic mass is 10.2. The fourth-order valence-electron chi connectivity index (χ4n) is 1.28. The molecule has 0 amide bonds. The van der Waals surface area contributed by atoms with Crippen LogP contribution in [0.15, 0.2) is 22.7 Å². The number of alkyl halides is 1. The van der Waals surface area contributed by atoms with Gasteiger partial charge in [-0.2, -0.15) is 0 Å². The van der Waals surface area contributed by atoms with Crippen molar-refractivity contribution in [1.82, 2.24) is 10.2 Å². The van der Waals surface area contributed by atoms with Crippen LogP contribution in [0.4, 0.5) is 4.39 Å². The molecule has 1 atom stereocenters. The van der Waals surface area contributed by atoms with Gasteiger partial charge in [-0.15, -0.1) is 10.2 Å². The van der Waals surface area contributed by atoms with E-state index in [2.05, 4.69) is 49.0 Å². The van der Waals surface area contributed by atoms with Gasteiger partial charge >= 0.3 is 0 Å². The average Bonchev–Trinajstić information content (AvgIpc) is 2.81. The van der Waals surface area contributed by atoms with E-state index in [9.17, 15) is 4.39 Å². The van der Waals surface area contributed by atoms with E-state index in [-0.39, 0.29) is 10.6 Å². The zero-order valence-electron chi connectivity index (χ0n) is 8.95. The molecule has 1 aromatic carbocycles. The van der Waals surface area contributed by atoms with Crippen molar-refractivity contribution in [2.75, 3.05) is 0 Å². The van der Waals surface area contributed by atoms with Gasteiger partial charge in [-0.25, -0.2) is 4.39 Å². The minimum absolute atomic E-state index is 0.217. The van der Waals surface area contributed by atoms with Crippen LogP contribution >= 0.6 is 43.2 Å². The number of hydrogen-bond donors (Lipinski definition) is 0. The zero-order valence-corrected chi connectivity index (χ0v) is 12.9. The molecular weight excluding hydrogens is 371 g/mol. The minimum atomic E-state index is -0.287. The third-order valence-corrected chi connectivity index (χ3v) is 5.35. The molecule has 90 valence electrons. The van der Waals surface area contributed by atoms with Crippen molar-refractivity contribution in [2.24, 2.45) is 0 Å². The molecule has 2 aromatic rings. The quantitative estimate of drug-likeness (QED) is 0.705. The van der Waals surface area contributed by atoms with Crippen molar-refractivity contribution in [3.05, 3.63) is 33.5 Å². The third-order valence-electron chi connectivity index (χ3n) is 2.23. The molecule has 0 N–H and O–H groups in total. The maximum atomic E-state index is 13.4. The highest BCUT2D eigenvalue weighted by molar-refractivity contribution is 9.10. The van der Waals surface area contributed by atoms with Gasteiger partial charge in [0.05, 0.1) is 9.30 Å². The first-order valence-electron chi connectivity index (χ1n) is 5.04. The van der Waals surface area contributed by atoms with Crippen LogP contribution in [-0.2, 0) is 0 Å². The van der Waals surface area contributed by atoms with E-state index < -0.39 is 0 Å². The summed E-state index contributed by atoms with van der Waals surface area (Å²) in [4.78, 5) is 0.217. The Hall–Kier alpha value is -0.330. The van der Waals surface area contributed by atoms with E-state index in [0.29, 0.717) is 4.47 Å². The molecule has 0 saturated carbocycles. The molecule has 0 aliphatic heterocycles. The number of hydrogen-bond acceptors (Lipinski definition) is 3. The van der Waals surface area contributed by atoms with Crippen LogP contribution in [-0.4, -0.2) is 10.2 Å². The maximum absolute atomic E-state index is 13.4. The lowest BCUT2D eigenvalue weighted by Gasteiger charge is -1.99. The van der Waals surface area contributed by atoms with Gasteiger partial charge in [0.2, 0.25) is 0 Å². The molecule has 0 fully saturated rings. The average molecular weight is 380 g/mol. The lowest BCUT2D eigenvalue weighted by Crippen LogP contribution is -1.85. The molecule has 1 unspecified atom stereocenters. The smallest absolute Gasteiger partial charge is 0.147 e. The first-order valence-corrected chi connectivity index (χ1v) is 7.57.